The fourth-order valence-corrected chi connectivity index (χ4v) is 5.66. The number of hydrogen-bond acceptors (Lipinski definition) is 8. The SMILES string of the molecule is CC(=O)N(/C1=C(\NCCCN(C)C)CC/C=N\C(N2C=NCc3ccc(C)cc32)N1)[C@@H]1CCOc2c(F)ccc(F)c21. The van der Waals surface area contributed by atoms with Crippen molar-refractivity contribution in [3.63, 3.8) is 0 Å². The highest BCUT2D eigenvalue weighted by Gasteiger charge is 2.38. The van der Waals surface area contributed by atoms with Crippen LogP contribution in [-0.4, -0.2) is 68.3 Å². The van der Waals surface area contributed by atoms with Gasteiger partial charge in [-0.1, -0.05) is 12.1 Å². The lowest BCUT2D eigenvalue weighted by atomic mass is 9.97. The van der Waals surface area contributed by atoms with Gasteiger partial charge < -0.3 is 20.3 Å². The minimum atomic E-state index is -0.781. The number of fused-ring (bicyclic) bond motifs is 2. The maximum atomic E-state index is 15.3. The molecule has 42 heavy (non-hydrogen) atoms. The third-order valence-corrected chi connectivity index (χ3v) is 7.65. The Bertz CT molecular complexity index is 1410. The van der Waals surface area contributed by atoms with Gasteiger partial charge in [0.25, 0.3) is 0 Å². The van der Waals surface area contributed by atoms with Crippen LogP contribution in [0.4, 0.5) is 14.5 Å². The van der Waals surface area contributed by atoms with Crippen LogP contribution < -0.4 is 20.3 Å². The number of amides is 1. The predicted molar refractivity (Wildman–Crippen MR) is 160 cm³/mol. The third kappa shape index (κ3) is 6.25. The molecule has 9 nitrogen and oxygen atoms in total. The van der Waals surface area contributed by atoms with Crippen LogP contribution in [0.5, 0.6) is 5.75 Å². The van der Waals surface area contributed by atoms with Crippen molar-refractivity contribution in [3.05, 3.63) is 70.2 Å². The minimum Gasteiger partial charge on any atom is -0.490 e. The summed E-state index contributed by atoms with van der Waals surface area (Å²) in [7, 11) is 4.05. The van der Waals surface area contributed by atoms with E-state index in [1.165, 1.54) is 6.92 Å². The number of halogens is 2. The Morgan fingerprint density at radius 1 is 1.21 bits per heavy atom. The molecule has 5 rings (SSSR count). The number of hydrogen-bond donors (Lipinski definition) is 2. The van der Waals surface area contributed by atoms with Gasteiger partial charge in [-0.3, -0.25) is 24.6 Å². The number of carbonyl (C=O) groups excluding carboxylic acids is 1. The average Bonchev–Trinajstić information content (AvgIpc) is 2.95. The normalized spacial score (nSPS) is 22.3. The number of allylic oxidation sites excluding steroid dienone is 1. The highest BCUT2D eigenvalue weighted by Crippen LogP contribution is 2.41. The van der Waals surface area contributed by atoms with Crippen LogP contribution in [0.15, 0.2) is 51.8 Å². The summed E-state index contributed by atoms with van der Waals surface area (Å²) in [6.07, 6.45) is 5.39. The summed E-state index contributed by atoms with van der Waals surface area (Å²) in [4.78, 5) is 28.5. The lowest BCUT2D eigenvalue weighted by Crippen LogP contribution is -2.51. The summed E-state index contributed by atoms with van der Waals surface area (Å²) < 4.78 is 35.7. The van der Waals surface area contributed by atoms with E-state index >= 15 is 4.39 Å². The number of nitrogens with zero attached hydrogens (tertiary/aromatic N) is 5. The molecule has 3 aliphatic heterocycles. The second-order valence-corrected chi connectivity index (χ2v) is 11.1. The van der Waals surface area contributed by atoms with Crippen molar-refractivity contribution < 1.29 is 18.3 Å². The summed E-state index contributed by atoms with van der Waals surface area (Å²) in [5.41, 5.74) is 3.99. The van der Waals surface area contributed by atoms with E-state index in [4.69, 9.17) is 9.73 Å². The van der Waals surface area contributed by atoms with Crippen molar-refractivity contribution in [2.75, 3.05) is 38.7 Å². The quantitative estimate of drug-likeness (QED) is 0.450. The number of benzene rings is 2. The van der Waals surface area contributed by atoms with Gasteiger partial charge in [-0.15, -0.1) is 0 Å². The first-order valence-corrected chi connectivity index (χ1v) is 14.4. The monoisotopic (exact) mass is 579 g/mol. The largest absolute Gasteiger partial charge is 0.490 e. The van der Waals surface area contributed by atoms with E-state index in [-0.39, 0.29) is 23.8 Å². The molecule has 0 saturated carbocycles. The lowest BCUT2D eigenvalue weighted by molar-refractivity contribution is -0.130. The zero-order valence-corrected chi connectivity index (χ0v) is 24.7. The fraction of sp³-hybridized carbons (Fsp3) is 0.452. The van der Waals surface area contributed by atoms with Gasteiger partial charge in [0.05, 0.1) is 42.5 Å². The molecule has 1 unspecified atom stereocenters. The summed E-state index contributed by atoms with van der Waals surface area (Å²) in [6.45, 7) is 5.76. The Kier molecular flexibility index (Phi) is 9.06. The summed E-state index contributed by atoms with van der Waals surface area (Å²) in [5.74, 6) is -1.23. The van der Waals surface area contributed by atoms with Crippen LogP contribution in [-0.2, 0) is 11.3 Å². The first-order valence-electron chi connectivity index (χ1n) is 14.4. The molecule has 0 radical (unpaired) electrons. The molecule has 224 valence electrons. The van der Waals surface area contributed by atoms with Crippen LogP contribution in [0.2, 0.25) is 0 Å². The first kappa shape index (κ1) is 29.5. The summed E-state index contributed by atoms with van der Waals surface area (Å²) in [5, 5.41) is 7.08. The molecule has 1 amide bonds. The number of aliphatic imine (C=N–C) groups is 2. The number of carbonyl (C=O) groups is 1. The van der Waals surface area contributed by atoms with Gasteiger partial charge in [-0.05, 0) is 76.2 Å². The van der Waals surface area contributed by atoms with Crippen molar-refractivity contribution in [1.82, 2.24) is 20.4 Å². The van der Waals surface area contributed by atoms with E-state index in [2.05, 4.69) is 38.7 Å². The van der Waals surface area contributed by atoms with Crippen molar-refractivity contribution in [2.45, 2.75) is 58.4 Å². The van der Waals surface area contributed by atoms with Crippen LogP contribution >= 0.6 is 0 Å². The number of rotatable bonds is 8. The van der Waals surface area contributed by atoms with E-state index < -0.39 is 24.0 Å². The molecule has 0 fully saturated rings. The molecule has 2 N–H and O–H groups in total. The van der Waals surface area contributed by atoms with E-state index in [0.717, 1.165) is 47.6 Å². The second-order valence-electron chi connectivity index (χ2n) is 11.1. The summed E-state index contributed by atoms with van der Waals surface area (Å²) in [6, 6.07) is 7.58. The third-order valence-electron chi connectivity index (χ3n) is 7.65. The second kappa shape index (κ2) is 12.9. The van der Waals surface area contributed by atoms with Gasteiger partial charge in [0.2, 0.25) is 12.2 Å². The topological polar surface area (TPSA) is 84.8 Å². The van der Waals surface area contributed by atoms with Crippen molar-refractivity contribution in [1.29, 1.82) is 0 Å². The molecule has 2 atom stereocenters. The van der Waals surface area contributed by atoms with Gasteiger partial charge in [0.15, 0.2) is 11.6 Å². The molecule has 3 heterocycles. The molecule has 11 heteroatoms. The molecule has 0 aliphatic carbocycles. The van der Waals surface area contributed by atoms with E-state index in [1.54, 1.807) is 11.2 Å². The Balaban J connectivity index is 1.58. The number of aryl methyl sites for hydroxylation is 1. The van der Waals surface area contributed by atoms with Gasteiger partial charge >= 0.3 is 0 Å². The van der Waals surface area contributed by atoms with Crippen molar-refractivity contribution >= 4 is 24.1 Å². The minimum absolute atomic E-state index is 0.0420. The Hall–Kier alpha value is -3.99. The van der Waals surface area contributed by atoms with Gasteiger partial charge in [0, 0.05) is 26.1 Å². The van der Waals surface area contributed by atoms with Crippen LogP contribution in [0.25, 0.3) is 0 Å². The maximum absolute atomic E-state index is 15.3. The molecular weight excluding hydrogens is 540 g/mol. The lowest BCUT2D eigenvalue weighted by Gasteiger charge is -2.41. The molecular formula is C31H39F2N7O2. The van der Waals surface area contributed by atoms with Crippen LogP contribution in [0.1, 0.15) is 55.3 Å². The Morgan fingerprint density at radius 3 is 2.81 bits per heavy atom. The van der Waals surface area contributed by atoms with Crippen molar-refractivity contribution in [3.8, 4) is 5.75 Å². The number of nitrogens with one attached hydrogen (secondary N) is 2. The fourth-order valence-electron chi connectivity index (χ4n) is 5.66. The Morgan fingerprint density at radius 2 is 2.02 bits per heavy atom. The molecule has 0 spiro atoms. The zero-order chi connectivity index (χ0) is 29.8. The van der Waals surface area contributed by atoms with Crippen LogP contribution in [0.3, 0.4) is 0 Å². The van der Waals surface area contributed by atoms with Gasteiger partial charge in [0.1, 0.15) is 11.6 Å². The highest BCUT2D eigenvalue weighted by molar-refractivity contribution is 5.84. The van der Waals surface area contributed by atoms with Gasteiger partial charge in [-0.2, -0.15) is 0 Å². The Labute approximate surface area is 245 Å². The first-order chi connectivity index (χ1) is 20.2. The number of anilines is 1. The highest BCUT2D eigenvalue weighted by atomic mass is 19.1. The smallest absolute Gasteiger partial charge is 0.225 e. The molecule has 2 aromatic carbocycles. The number of ether oxygens (including phenoxy) is 1. The van der Waals surface area contributed by atoms with E-state index in [0.29, 0.717) is 38.2 Å². The molecule has 0 aromatic heterocycles. The van der Waals surface area contributed by atoms with Crippen molar-refractivity contribution in [2.24, 2.45) is 9.98 Å². The molecule has 0 bridgehead atoms. The average molecular weight is 580 g/mol. The van der Waals surface area contributed by atoms with E-state index in [1.807, 2.05) is 32.1 Å². The molecule has 0 saturated heterocycles. The molecule has 3 aliphatic rings. The summed E-state index contributed by atoms with van der Waals surface area (Å²) >= 11 is 0. The molecule has 2 aromatic rings. The predicted octanol–water partition coefficient (Wildman–Crippen LogP) is 4.44. The maximum Gasteiger partial charge on any atom is 0.225 e. The standard InChI is InChI=1S/C31H39F2N7O2/c1-20-8-9-22-18-34-19-39(27(22)17-20)31-36-13-5-7-25(35-14-6-15-38(3)4)30(37-31)40(21(2)41)26-12-16-42-29-24(33)11-10-23(32)28(26)29/h8-11,13,17,19,26,31,35,37H,5-7,12,14-16,18H2,1-4H3/b30-25-,36-13-/t26-,31?/m1/s1. The van der Waals surface area contributed by atoms with E-state index in [9.17, 15) is 9.18 Å². The van der Waals surface area contributed by atoms with Gasteiger partial charge in [-0.25, -0.2) is 8.78 Å². The van der Waals surface area contributed by atoms with Crippen LogP contribution in [0, 0.1) is 18.6 Å². The zero-order valence-electron chi connectivity index (χ0n) is 24.7.